The van der Waals surface area contributed by atoms with Crippen LogP contribution in [0.15, 0.2) is 27.2 Å². The third-order valence-electron chi connectivity index (χ3n) is 2.35. The van der Waals surface area contributed by atoms with E-state index in [0.717, 1.165) is 15.6 Å². The number of carboxylic acids is 1. The van der Waals surface area contributed by atoms with E-state index in [2.05, 4.69) is 26.1 Å². The van der Waals surface area contributed by atoms with Gasteiger partial charge in [0.25, 0.3) is 5.89 Å². The predicted molar refractivity (Wildman–Crippen MR) is 69.5 cm³/mol. The van der Waals surface area contributed by atoms with Crippen molar-refractivity contribution in [2.45, 2.75) is 13.5 Å². The van der Waals surface area contributed by atoms with Crippen molar-refractivity contribution >= 4 is 21.9 Å². The van der Waals surface area contributed by atoms with Crippen molar-refractivity contribution in [2.24, 2.45) is 0 Å². The first-order valence-corrected chi connectivity index (χ1v) is 6.24. The molecule has 100 valence electrons. The SMILES string of the molecule is Cc1ccc(-c2noc(COCC(=O)O)n2)cc1Br. The smallest absolute Gasteiger partial charge is 0.329 e. The number of carboxylic acid groups (broad SMARTS) is 1. The molecule has 1 N–H and O–H groups in total. The molecule has 0 unspecified atom stereocenters. The lowest BCUT2D eigenvalue weighted by molar-refractivity contribution is -0.142. The highest BCUT2D eigenvalue weighted by Crippen LogP contribution is 2.23. The lowest BCUT2D eigenvalue weighted by Gasteiger charge is -1.99. The number of ether oxygens (including phenoxy) is 1. The summed E-state index contributed by atoms with van der Waals surface area (Å²) in [6.45, 7) is 1.56. The van der Waals surface area contributed by atoms with Crippen LogP contribution in [-0.2, 0) is 16.1 Å². The fourth-order valence-electron chi connectivity index (χ4n) is 1.39. The topological polar surface area (TPSA) is 85.5 Å². The van der Waals surface area contributed by atoms with Crippen molar-refractivity contribution in [3.05, 3.63) is 34.1 Å². The highest BCUT2D eigenvalue weighted by atomic mass is 79.9. The Kier molecular flexibility index (Phi) is 4.28. The zero-order valence-corrected chi connectivity index (χ0v) is 11.7. The molecule has 0 spiro atoms. The van der Waals surface area contributed by atoms with Crippen LogP contribution >= 0.6 is 15.9 Å². The van der Waals surface area contributed by atoms with E-state index in [1.807, 2.05) is 25.1 Å². The minimum atomic E-state index is -1.04. The molecule has 1 aromatic carbocycles. The molecule has 0 aliphatic rings. The first-order valence-electron chi connectivity index (χ1n) is 5.45. The molecular formula is C12H11BrN2O4. The van der Waals surface area contributed by atoms with E-state index in [0.29, 0.717) is 5.82 Å². The van der Waals surface area contributed by atoms with Gasteiger partial charge in [-0.1, -0.05) is 33.2 Å². The second-order valence-corrected chi connectivity index (χ2v) is 4.72. The molecule has 7 heteroatoms. The maximum atomic E-state index is 10.3. The van der Waals surface area contributed by atoms with Crippen LogP contribution in [0.4, 0.5) is 0 Å². The number of hydrogen-bond acceptors (Lipinski definition) is 5. The average Bonchev–Trinajstić information content (AvgIpc) is 2.81. The highest BCUT2D eigenvalue weighted by Gasteiger charge is 2.10. The molecular weight excluding hydrogens is 316 g/mol. The summed E-state index contributed by atoms with van der Waals surface area (Å²) in [5.41, 5.74) is 1.92. The number of nitrogens with zero attached hydrogens (tertiary/aromatic N) is 2. The number of aromatic nitrogens is 2. The summed E-state index contributed by atoms with van der Waals surface area (Å²) in [6, 6.07) is 5.71. The number of rotatable bonds is 5. The first kappa shape index (κ1) is 13.7. The Balaban J connectivity index is 2.07. The average molecular weight is 327 g/mol. The van der Waals surface area contributed by atoms with Crippen molar-refractivity contribution in [1.29, 1.82) is 0 Å². The van der Waals surface area contributed by atoms with Gasteiger partial charge in [-0.25, -0.2) is 4.79 Å². The number of aliphatic carboxylic acids is 1. The summed E-state index contributed by atoms with van der Waals surface area (Å²) in [4.78, 5) is 14.4. The molecule has 0 aliphatic heterocycles. The quantitative estimate of drug-likeness (QED) is 0.908. The molecule has 2 rings (SSSR count). The van der Waals surface area contributed by atoms with Gasteiger partial charge in [-0.05, 0) is 18.6 Å². The van der Waals surface area contributed by atoms with Crippen LogP contribution in [0.3, 0.4) is 0 Å². The van der Waals surface area contributed by atoms with Gasteiger partial charge in [-0.3, -0.25) is 0 Å². The molecule has 0 saturated carbocycles. The minimum absolute atomic E-state index is 0.0215. The van der Waals surface area contributed by atoms with Gasteiger partial charge >= 0.3 is 5.97 Å². The van der Waals surface area contributed by atoms with E-state index < -0.39 is 12.6 Å². The number of hydrogen-bond donors (Lipinski definition) is 1. The normalized spacial score (nSPS) is 10.6. The van der Waals surface area contributed by atoms with Gasteiger partial charge in [0.05, 0.1) is 0 Å². The van der Waals surface area contributed by atoms with Gasteiger partial charge in [0.1, 0.15) is 13.2 Å². The highest BCUT2D eigenvalue weighted by molar-refractivity contribution is 9.10. The van der Waals surface area contributed by atoms with E-state index in [1.54, 1.807) is 0 Å². The summed E-state index contributed by atoms with van der Waals surface area (Å²) < 4.78 is 10.8. The molecule has 0 aliphatic carbocycles. The van der Waals surface area contributed by atoms with Crippen LogP contribution in [0.25, 0.3) is 11.4 Å². The van der Waals surface area contributed by atoms with Crippen molar-refractivity contribution in [3.8, 4) is 11.4 Å². The number of carbonyl (C=O) groups is 1. The Bertz CT molecular complexity index is 597. The fourth-order valence-corrected chi connectivity index (χ4v) is 1.77. The molecule has 1 aromatic heterocycles. The van der Waals surface area contributed by atoms with E-state index in [9.17, 15) is 4.79 Å². The van der Waals surface area contributed by atoms with E-state index in [1.165, 1.54) is 0 Å². The van der Waals surface area contributed by atoms with Gasteiger partial charge in [0.2, 0.25) is 5.82 Å². The van der Waals surface area contributed by atoms with E-state index >= 15 is 0 Å². The van der Waals surface area contributed by atoms with E-state index in [4.69, 9.17) is 14.4 Å². The summed E-state index contributed by atoms with van der Waals surface area (Å²) in [5.74, 6) is -0.357. The Hall–Kier alpha value is -1.73. The summed E-state index contributed by atoms with van der Waals surface area (Å²) in [7, 11) is 0. The number of halogens is 1. The van der Waals surface area contributed by atoms with Gasteiger partial charge in [0.15, 0.2) is 0 Å². The maximum absolute atomic E-state index is 10.3. The molecule has 1 heterocycles. The van der Waals surface area contributed by atoms with Crippen molar-refractivity contribution in [3.63, 3.8) is 0 Å². The summed E-state index contributed by atoms with van der Waals surface area (Å²) >= 11 is 3.43. The standard InChI is InChI=1S/C12H11BrN2O4/c1-7-2-3-8(4-9(7)13)12-14-10(19-15-12)5-18-6-11(16)17/h2-4H,5-6H2,1H3,(H,16,17). The van der Waals surface area contributed by atoms with Gasteiger partial charge in [0, 0.05) is 10.0 Å². The Morgan fingerprint density at radius 2 is 2.32 bits per heavy atom. The van der Waals surface area contributed by atoms with Crippen LogP contribution in [-0.4, -0.2) is 27.8 Å². The Morgan fingerprint density at radius 3 is 3.00 bits per heavy atom. The Labute approximate surface area is 117 Å². The molecule has 0 radical (unpaired) electrons. The molecule has 0 amide bonds. The van der Waals surface area contributed by atoms with Crippen LogP contribution in [0.2, 0.25) is 0 Å². The largest absolute Gasteiger partial charge is 0.480 e. The lowest BCUT2D eigenvalue weighted by atomic mass is 10.1. The predicted octanol–water partition coefficient (Wildman–Crippen LogP) is 2.41. The van der Waals surface area contributed by atoms with Crippen LogP contribution in [0, 0.1) is 6.92 Å². The zero-order chi connectivity index (χ0) is 13.8. The number of aryl methyl sites for hydroxylation is 1. The van der Waals surface area contributed by atoms with Crippen LogP contribution in [0.5, 0.6) is 0 Å². The minimum Gasteiger partial charge on any atom is -0.480 e. The number of benzene rings is 1. The summed E-state index contributed by atoms with van der Waals surface area (Å²) in [5, 5.41) is 12.3. The van der Waals surface area contributed by atoms with Crippen molar-refractivity contribution in [2.75, 3.05) is 6.61 Å². The molecule has 0 fully saturated rings. The second kappa shape index (κ2) is 5.94. The fraction of sp³-hybridized carbons (Fsp3) is 0.250. The first-order chi connectivity index (χ1) is 9.06. The molecule has 2 aromatic rings. The third kappa shape index (κ3) is 3.62. The maximum Gasteiger partial charge on any atom is 0.329 e. The molecule has 0 saturated heterocycles. The van der Waals surface area contributed by atoms with E-state index in [-0.39, 0.29) is 12.5 Å². The second-order valence-electron chi connectivity index (χ2n) is 3.86. The molecule has 0 bridgehead atoms. The van der Waals surface area contributed by atoms with Gasteiger partial charge < -0.3 is 14.4 Å². The monoisotopic (exact) mass is 326 g/mol. The van der Waals surface area contributed by atoms with Crippen molar-refractivity contribution < 1.29 is 19.2 Å². The van der Waals surface area contributed by atoms with Crippen LogP contribution < -0.4 is 0 Å². The van der Waals surface area contributed by atoms with Crippen molar-refractivity contribution in [1.82, 2.24) is 10.1 Å². The molecule has 19 heavy (non-hydrogen) atoms. The lowest BCUT2D eigenvalue weighted by Crippen LogP contribution is -2.06. The molecule has 0 atom stereocenters. The van der Waals surface area contributed by atoms with Gasteiger partial charge in [-0.2, -0.15) is 4.98 Å². The third-order valence-corrected chi connectivity index (χ3v) is 3.20. The summed E-state index contributed by atoms with van der Waals surface area (Å²) in [6.07, 6.45) is 0. The Morgan fingerprint density at radius 1 is 1.53 bits per heavy atom. The molecule has 6 nitrogen and oxygen atoms in total. The van der Waals surface area contributed by atoms with Gasteiger partial charge in [-0.15, -0.1) is 0 Å². The zero-order valence-electron chi connectivity index (χ0n) is 10.1. The van der Waals surface area contributed by atoms with Crippen LogP contribution in [0.1, 0.15) is 11.5 Å².